The minimum absolute atomic E-state index is 0.208. The van der Waals surface area contributed by atoms with Crippen molar-refractivity contribution in [1.29, 1.82) is 0 Å². The SMILES string of the molecule is CCCCCNC(=O)c1cc(OC)on1.CCCCCNC(=O)c1noc(OC)c1C.CCN(C)CCNC(=O)c1cc(OC)on1.CCN(C)CCNC(=O)c1noc(OC)c1C.COc1cc(C(=O)NCCN(C)C)no1.COc1onc(C(=O)NCCN(C)C)c1C. The molecular weight excluding hydrogens is 1240 g/mol. The Morgan fingerprint density at radius 3 is 0.853 bits per heavy atom. The van der Waals surface area contributed by atoms with Gasteiger partial charge in [0.1, 0.15) is 0 Å². The predicted octanol–water partition coefficient (Wildman–Crippen LogP) is 4.81. The third-order valence-corrected chi connectivity index (χ3v) is 13.1. The quantitative estimate of drug-likeness (QED) is 0.0295. The van der Waals surface area contributed by atoms with E-state index in [1.54, 1.807) is 20.8 Å². The summed E-state index contributed by atoms with van der Waals surface area (Å²) in [5.41, 5.74) is 3.43. The van der Waals surface area contributed by atoms with Gasteiger partial charge in [-0.2, -0.15) is 0 Å². The van der Waals surface area contributed by atoms with E-state index in [4.69, 9.17) is 55.6 Å². The molecule has 0 spiro atoms. The van der Waals surface area contributed by atoms with E-state index in [2.05, 4.69) is 100 Å². The van der Waals surface area contributed by atoms with Gasteiger partial charge in [-0.3, -0.25) is 28.8 Å². The van der Waals surface area contributed by atoms with Crippen LogP contribution < -0.4 is 60.3 Å². The Balaban J connectivity index is 0.000000570. The Bertz CT molecular complexity index is 3100. The fourth-order valence-electron chi connectivity index (χ4n) is 7.05. The Morgan fingerprint density at radius 1 is 0.358 bits per heavy atom. The zero-order chi connectivity index (χ0) is 71.3. The van der Waals surface area contributed by atoms with E-state index in [1.165, 1.54) is 60.9 Å². The number of hydrogen-bond acceptors (Lipinski definition) is 28. The van der Waals surface area contributed by atoms with E-state index >= 15 is 0 Å². The van der Waals surface area contributed by atoms with Crippen LogP contribution in [0.3, 0.4) is 0 Å². The third-order valence-electron chi connectivity index (χ3n) is 13.1. The van der Waals surface area contributed by atoms with Gasteiger partial charge in [-0.15, -0.1) is 0 Å². The highest BCUT2D eigenvalue weighted by molar-refractivity contribution is 5.95. The number of nitrogens with zero attached hydrogens (tertiary/aromatic N) is 10. The Hall–Kier alpha value is -9.28. The summed E-state index contributed by atoms with van der Waals surface area (Å²) in [5, 5.41) is 38.3. The average Bonchev–Trinajstić information content (AvgIpc) is 1.83. The predicted molar refractivity (Wildman–Crippen MR) is 349 cm³/mol. The molecule has 6 N–H and O–H groups in total. The van der Waals surface area contributed by atoms with Gasteiger partial charge in [0.2, 0.25) is 0 Å². The summed E-state index contributed by atoms with van der Waals surface area (Å²) in [4.78, 5) is 77.7. The van der Waals surface area contributed by atoms with Crippen LogP contribution >= 0.6 is 0 Å². The summed E-state index contributed by atoms with van der Waals surface area (Å²) in [6.07, 6.45) is 6.46. The molecule has 6 aromatic rings. The monoisotopic (exact) mass is 1350 g/mol. The molecule has 34 heteroatoms. The van der Waals surface area contributed by atoms with Crippen LogP contribution in [-0.2, 0) is 0 Å². The highest BCUT2D eigenvalue weighted by atomic mass is 16.6. The topological polar surface area (TPSA) is 399 Å². The molecule has 0 radical (unpaired) electrons. The normalized spacial score (nSPS) is 10.4. The molecule has 6 heterocycles. The fraction of sp³-hybridized carbons (Fsp3) is 0.607. The van der Waals surface area contributed by atoms with E-state index in [0.717, 1.165) is 77.8 Å². The first-order chi connectivity index (χ1) is 45.4. The van der Waals surface area contributed by atoms with Gasteiger partial charge in [-0.1, -0.05) is 84.3 Å². The Morgan fingerprint density at radius 2 is 0.621 bits per heavy atom. The molecule has 0 bridgehead atoms. The maximum absolute atomic E-state index is 11.8. The lowest BCUT2D eigenvalue weighted by molar-refractivity contribution is 0.0932. The van der Waals surface area contributed by atoms with Crippen LogP contribution in [0, 0.1) is 20.8 Å². The van der Waals surface area contributed by atoms with Crippen molar-refractivity contribution in [3.8, 4) is 35.7 Å². The lowest BCUT2D eigenvalue weighted by Crippen LogP contribution is -2.33. The van der Waals surface area contributed by atoms with Gasteiger partial charge < -0.3 is 107 Å². The van der Waals surface area contributed by atoms with Crippen LogP contribution in [0.25, 0.3) is 0 Å². The largest absolute Gasteiger partial charge is 0.467 e. The lowest BCUT2D eigenvalue weighted by Gasteiger charge is -2.13. The minimum Gasteiger partial charge on any atom is -0.467 e. The maximum Gasteiger partial charge on any atom is 0.314 e. The molecule has 0 aromatic carbocycles. The van der Waals surface area contributed by atoms with Crippen LogP contribution in [0.4, 0.5) is 0 Å². The number of carbonyl (C=O) groups is 6. The van der Waals surface area contributed by atoms with Crippen molar-refractivity contribution >= 4 is 35.4 Å². The number of methoxy groups -OCH3 is 6. The Kier molecular flexibility index (Phi) is 42.7. The van der Waals surface area contributed by atoms with Gasteiger partial charge in [0.25, 0.3) is 35.4 Å². The standard InChI is InChI=1S/C11H19N3O3.C11H18N2O3.2C10H17N3O3.C10H16N2O3.C9H15N3O3/c1-5-14(3)7-6-12-10(15)9-8(2)11(16-4)17-13-9;1-4-5-6-7-12-10(14)9-8(2)11(15-3)16-13-9;1-7-8(12-16-10(7)15-4)9(14)11-5-6-13(2)3;1-4-13(2)6-5-11-10(14)8-7-9(15-3)16-12-8;1-3-4-5-6-11-10(13)8-7-9(14-2)15-12-8;1-12(2)5-4-10-9(13)7-6-8(14-3)15-11-7/h5-7H2,1-4H3,(H,12,15);4-7H2,1-3H3,(H,12,14);5-6H2,1-4H3,(H,11,14);7H,4-6H2,1-3H3,(H,11,14);7H,3-6H2,1-2H3,(H,11,13);6H,4-5H2,1-3H3,(H,10,13). The van der Waals surface area contributed by atoms with Crippen molar-refractivity contribution in [2.75, 3.05) is 163 Å². The molecule has 95 heavy (non-hydrogen) atoms. The summed E-state index contributed by atoms with van der Waals surface area (Å²) in [6, 6.07) is 4.37. The minimum atomic E-state index is -0.260. The molecule has 34 nitrogen and oxygen atoms in total. The molecule has 0 atom stereocenters. The van der Waals surface area contributed by atoms with Gasteiger partial charge in [0, 0.05) is 65.4 Å². The molecule has 0 aliphatic carbocycles. The molecule has 6 amide bonds. The zero-order valence-corrected chi connectivity index (χ0v) is 58.8. The van der Waals surface area contributed by atoms with Crippen molar-refractivity contribution in [3.05, 3.63) is 69.1 Å². The second kappa shape index (κ2) is 48.4. The van der Waals surface area contributed by atoms with Crippen LogP contribution in [-0.4, -0.2) is 249 Å². The second-order valence-electron chi connectivity index (χ2n) is 21.0. The van der Waals surface area contributed by atoms with Crippen LogP contribution in [0.1, 0.15) is 146 Å². The molecular formula is C61H102N16O18. The molecule has 6 rings (SSSR count). The summed E-state index contributed by atoms with van der Waals surface area (Å²) < 4.78 is 57.8. The number of rotatable bonds is 34. The number of likely N-dealkylation sites (N-methyl/N-ethyl adjacent to an activating group) is 4. The maximum atomic E-state index is 11.8. The van der Waals surface area contributed by atoms with Gasteiger partial charge in [-0.25, -0.2) is 0 Å². The first-order valence-electron chi connectivity index (χ1n) is 30.8. The van der Waals surface area contributed by atoms with E-state index in [1.807, 2.05) is 52.1 Å². The summed E-state index contributed by atoms with van der Waals surface area (Å²) in [7, 11) is 20.5. The molecule has 0 fully saturated rings. The molecule has 6 aromatic heterocycles. The van der Waals surface area contributed by atoms with Crippen molar-refractivity contribution in [1.82, 2.24) is 82.4 Å². The van der Waals surface area contributed by atoms with Gasteiger partial charge in [-0.05, 0) is 89.0 Å². The molecule has 0 aliphatic heterocycles. The van der Waals surface area contributed by atoms with E-state index < -0.39 is 0 Å². The first kappa shape index (κ1) is 83.7. The van der Waals surface area contributed by atoms with Crippen molar-refractivity contribution in [2.45, 2.75) is 87.0 Å². The molecule has 0 unspecified atom stereocenters. The number of unbranched alkanes of at least 4 members (excludes halogenated alkanes) is 4. The first-order valence-corrected chi connectivity index (χ1v) is 30.8. The van der Waals surface area contributed by atoms with Gasteiger partial charge in [0.15, 0.2) is 34.2 Å². The van der Waals surface area contributed by atoms with Crippen LogP contribution in [0.5, 0.6) is 35.7 Å². The van der Waals surface area contributed by atoms with Gasteiger partial charge >= 0.3 is 35.7 Å². The van der Waals surface area contributed by atoms with Gasteiger partial charge in [0.05, 0.1) is 77.5 Å². The molecule has 0 saturated heterocycles. The summed E-state index contributed by atoms with van der Waals surface area (Å²) in [5.74, 6) is 0.124. The lowest BCUT2D eigenvalue weighted by atomic mass is 10.2. The van der Waals surface area contributed by atoms with Crippen LogP contribution in [0.2, 0.25) is 0 Å². The number of nitrogens with one attached hydrogen (secondary N) is 6. The second-order valence-corrected chi connectivity index (χ2v) is 21.0. The van der Waals surface area contributed by atoms with Crippen molar-refractivity contribution in [2.24, 2.45) is 0 Å². The number of carbonyl (C=O) groups excluding carboxylic acids is 6. The fourth-order valence-corrected chi connectivity index (χ4v) is 7.05. The van der Waals surface area contributed by atoms with Crippen molar-refractivity contribution in [3.63, 3.8) is 0 Å². The van der Waals surface area contributed by atoms with E-state index in [-0.39, 0.29) is 93.6 Å². The molecule has 534 valence electrons. The number of ether oxygens (including phenoxy) is 6. The highest BCUT2D eigenvalue weighted by Gasteiger charge is 2.22. The smallest absolute Gasteiger partial charge is 0.314 e. The number of hydrogen-bond donors (Lipinski definition) is 6. The summed E-state index contributed by atoms with van der Waals surface area (Å²) >= 11 is 0. The third kappa shape index (κ3) is 32.9. The number of amides is 6. The average molecular weight is 1350 g/mol. The van der Waals surface area contributed by atoms with Crippen LogP contribution in [0.15, 0.2) is 45.3 Å². The van der Waals surface area contributed by atoms with Crippen molar-refractivity contribution < 1.29 is 84.3 Å². The van der Waals surface area contributed by atoms with E-state index in [9.17, 15) is 28.8 Å². The van der Waals surface area contributed by atoms with E-state index in [0.29, 0.717) is 67.6 Å². The molecule has 0 saturated carbocycles. The highest BCUT2D eigenvalue weighted by Crippen LogP contribution is 2.22. The number of aromatic nitrogens is 6. The molecule has 0 aliphatic rings. The summed E-state index contributed by atoms with van der Waals surface area (Å²) in [6.45, 7) is 22.3. The zero-order valence-electron chi connectivity index (χ0n) is 58.8. The Labute approximate surface area is 555 Å².